The number of esters is 1. The fraction of sp³-hybridized carbons (Fsp3) is 0.529. The number of carbonyl (C=O) groups is 2. The maximum atomic E-state index is 12.4. The molecule has 9 heteroatoms. The van der Waals surface area contributed by atoms with Crippen molar-refractivity contribution in [2.24, 2.45) is 5.73 Å². The first-order valence-electron chi connectivity index (χ1n) is 8.75. The summed E-state index contributed by atoms with van der Waals surface area (Å²) >= 11 is 0. The average molecular weight is 358 g/mol. The number of nitrogens with one attached hydrogen (secondary N) is 1. The summed E-state index contributed by atoms with van der Waals surface area (Å²) < 4.78 is 4.77. The Labute approximate surface area is 150 Å². The van der Waals surface area contributed by atoms with E-state index in [4.69, 9.17) is 10.5 Å². The first-order valence-corrected chi connectivity index (χ1v) is 8.75. The van der Waals surface area contributed by atoms with Crippen molar-refractivity contribution in [2.75, 3.05) is 38.2 Å². The number of nitrogens with zero attached hydrogens (tertiary/aromatic N) is 4. The maximum absolute atomic E-state index is 12.4. The van der Waals surface area contributed by atoms with Crippen LogP contribution in [0.25, 0.3) is 11.0 Å². The van der Waals surface area contributed by atoms with Crippen LogP contribution in [0.4, 0.5) is 5.82 Å². The Morgan fingerprint density at radius 3 is 2.85 bits per heavy atom. The highest BCUT2D eigenvalue weighted by Gasteiger charge is 2.53. The van der Waals surface area contributed by atoms with E-state index in [9.17, 15) is 9.59 Å². The molecule has 1 saturated carbocycles. The second-order valence-electron chi connectivity index (χ2n) is 6.86. The van der Waals surface area contributed by atoms with Gasteiger partial charge in [-0.3, -0.25) is 4.79 Å². The number of anilines is 1. The fourth-order valence-corrected chi connectivity index (χ4v) is 3.78. The molecule has 0 bridgehead atoms. The summed E-state index contributed by atoms with van der Waals surface area (Å²) in [7, 11) is 1.34. The van der Waals surface area contributed by atoms with E-state index >= 15 is 0 Å². The van der Waals surface area contributed by atoms with E-state index in [1.807, 2.05) is 4.90 Å². The number of amides is 1. The van der Waals surface area contributed by atoms with Gasteiger partial charge in [-0.05, 0) is 18.9 Å². The van der Waals surface area contributed by atoms with E-state index in [2.05, 4.69) is 19.9 Å². The van der Waals surface area contributed by atoms with Crippen molar-refractivity contribution in [3.8, 4) is 0 Å². The predicted molar refractivity (Wildman–Crippen MR) is 94.8 cm³/mol. The van der Waals surface area contributed by atoms with E-state index in [1.54, 1.807) is 6.07 Å². The Bertz CT molecular complexity index is 859. The number of nitrogens with two attached hydrogens (primary N) is 1. The third-order valence-corrected chi connectivity index (χ3v) is 5.25. The van der Waals surface area contributed by atoms with Gasteiger partial charge in [-0.1, -0.05) is 0 Å². The van der Waals surface area contributed by atoms with Crippen LogP contribution in [0.3, 0.4) is 0 Å². The molecule has 26 heavy (non-hydrogen) atoms. The van der Waals surface area contributed by atoms with Gasteiger partial charge in [-0.15, -0.1) is 0 Å². The largest absolute Gasteiger partial charge is 0.464 e. The van der Waals surface area contributed by atoms with Crippen molar-refractivity contribution in [1.29, 1.82) is 0 Å². The third kappa shape index (κ3) is 2.68. The van der Waals surface area contributed by atoms with Gasteiger partial charge in [-0.2, -0.15) is 0 Å². The van der Waals surface area contributed by atoms with Gasteiger partial charge in [0.1, 0.15) is 23.5 Å². The van der Waals surface area contributed by atoms with Crippen molar-refractivity contribution in [3.63, 3.8) is 0 Å². The minimum absolute atomic E-state index is 0.108. The Morgan fingerprint density at radius 1 is 1.35 bits per heavy atom. The van der Waals surface area contributed by atoms with E-state index < -0.39 is 5.97 Å². The highest BCUT2D eigenvalue weighted by Crippen LogP contribution is 2.45. The Kier molecular flexibility index (Phi) is 4.03. The zero-order valence-electron chi connectivity index (χ0n) is 14.7. The van der Waals surface area contributed by atoms with Crippen molar-refractivity contribution >= 4 is 28.7 Å². The van der Waals surface area contributed by atoms with Crippen LogP contribution in [-0.2, 0) is 9.53 Å². The minimum atomic E-state index is -0.440. The lowest BCUT2D eigenvalue weighted by Crippen LogP contribution is -2.57. The average Bonchev–Trinajstić information content (AvgIpc) is 3.25. The van der Waals surface area contributed by atoms with Gasteiger partial charge in [-0.25, -0.2) is 14.8 Å². The molecule has 1 aliphatic carbocycles. The van der Waals surface area contributed by atoms with Crippen LogP contribution in [0, 0.1) is 0 Å². The number of H-pyrrole nitrogens is 1. The van der Waals surface area contributed by atoms with E-state index in [0.717, 1.165) is 30.6 Å². The van der Waals surface area contributed by atoms with Crippen molar-refractivity contribution in [1.82, 2.24) is 19.9 Å². The van der Waals surface area contributed by atoms with Gasteiger partial charge in [0.15, 0.2) is 0 Å². The Balaban J connectivity index is 1.62. The molecule has 0 atom stereocenters. The Hall–Kier alpha value is -2.68. The molecule has 4 rings (SSSR count). The number of hydrogen-bond donors (Lipinski definition) is 2. The maximum Gasteiger partial charge on any atom is 0.354 e. The minimum Gasteiger partial charge on any atom is -0.464 e. The third-order valence-electron chi connectivity index (χ3n) is 5.25. The van der Waals surface area contributed by atoms with Crippen LogP contribution >= 0.6 is 0 Å². The molecule has 2 aromatic rings. The van der Waals surface area contributed by atoms with Gasteiger partial charge in [0, 0.05) is 32.6 Å². The molecule has 1 saturated heterocycles. The normalized spacial score (nSPS) is 18.4. The van der Waals surface area contributed by atoms with Gasteiger partial charge < -0.3 is 25.3 Å². The number of fused-ring (bicyclic) bond motifs is 1. The molecule has 1 aliphatic heterocycles. The molecule has 0 unspecified atom stereocenters. The lowest BCUT2D eigenvalue weighted by Gasteiger charge is -2.43. The van der Waals surface area contributed by atoms with Crippen LogP contribution in [0.15, 0.2) is 12.4 Å². The molecular formula is C17H22N6O3. The fourth-order valence-electron chi connectivity index (χ4n) is 3.78. The number of carbonyl (C=O) groups excluding carboxylic acids is 2. The second-order valence-corrected chi connectivity index (χ2v) is 6.86. The first-order chi connectivity index (χ1) is 12.6. The van der Waals surface area contributed by atoms with Crippen LogP contribution < -0.4 is 10.6 Å². The van der Waals surface area contributed by atoms with Crippen molar-refractivity contribution in [2.45, 2.75) is 24.8 Å². The number of rotatable bonds is 4. The molecule has 2 aromatic heterocycles. The van der Waals surface area contributed by atoms with Gasteiger partial charge in [0.2, 0.25) is 5.91 Å². The van der Waals surface area contributed by atoms with Crippen LogP contribution in [0.1, 0.15) is 29.8 Å². The highest BCUT2D eigenvalue weighted by atomic mass is 16.5. The van der Waals surface area contributed by atoms with E-state index in [-0.39, 0.29) is 11.4 Å². The summed E-state index contributed by atoms with van der Waals surface area (Å²) in [5.74, 6) is 0.468. The molecule has 2 aliphatic rings. The second kappa shape index (κ2) is 6.24. The smallest absolute Gasteiger partial charge is 0.354 e. The summed E-state index contributed by atoms with van der Waals surface area (Å²) in [6.45, 7) is 2.44. The monoisotopic (exact) mass is 358 g/mol. The summed E-state index contributed by atoms with van der Waals surface area (Å²) in [4.78, 5) is 40.0. The summed E-state index contributed by atoms with van der Waals surface area (Å²) in [5.41, 5.74) is 6.39. The lowest BCUT2D eigenvalue weighted by molar-refractivity contribution is -0.134. The van der Waals surface area contributed by atoms with Crippen LogP contribution in [0.5, 0.6) is 0 Å². The number of piperazine rings is 1. The number of ether oxygens (including phenoxy) is 1. The standard InChI is InChI=1S/C17H22N6O3/c1-26-16(25)12-8-11-14(21-12)19-10-20-15(11)22-6-7-23(13(24)2-5-18)17(9-22)3-4-17/h8,10H,2-7,9,18H2,1H3,(H,19,20,21). The van der Waals surface area contributed by atoms with Crippen molar-refractivity contribution in [3.05, 3.63) is 18.1 Å². The molecule has 138 valence electrons. The molecule has 0 radical (unpaired) electrons. The molecule has 3 heterocycles. The van der Waals surface area contributed by atoms with Gasteiger partial charge in [0.25, 0.3) is 0 Å². The summed E-state index contributed by atoms with van der Waals surface area (Å²) in [6.07, 6.45) is 3.86. The number of aromatic nitrogens is 3. The quantitative estimate of drug-likeness (QED) is 0.754. The first kappa shape index (κ1) is 16.8. The lowest BCUT2D eigenvalue weighted by atomic mass is 10.1. The van der Waals surface area contributed by atoms with E-state index in [0.29, 0.717) is 37.4 Å². The molecule has 3 N–H and O–H groups in total. The number of hydrogen-bond acceptors (Lipinski definition) is 7. The molecule has 1 spiro atoms. The number of methoxy groups -OCH3 is 1. The SMILES string of the molecule is COC(=O)c1cc2c(N3CCN(C(=O)CCN)C4(CC4)C3)ncnc2[nH]1. The van der Waals surface area contributed by atoms with Gasteiger partial charge >= 0.3 is 5.97 Å². The summed E-state index contributed by atoms with van der Waals surface area (Å²) in [5, 5.41) is 0.783. The topological polar surface area (TPSA) is 117 Å². The predicted octanol–water partition coefficient (Wildman–Crippen LogP) is 0.275. The molecule has 2 fully saturated rings. The zero-order chi connectivity index (χ0) is 18.3. The van der Waals surface area contributed by atoms with Gasteiger partial charge in [0.05, 0.1) is 18.0 Å². The van der Waals surface area contributed by atoms with Crippen molar-refractivity contribution < 1.29 is 14.3 Å². The van der Waals surface area contributed by atoms with Crippen LogP contribution in [-0.4, -0.2) is 70.6 Å². The highest BCUT2D eigenvalue weighted by molar-refractivity contribution is 5.97. The van der Waals surface area contributed by atoms with E-state index in [1.165, 1.54) is 13.4 Å². The summed E-state index contributed by atoms with van der Waals surface area (Å²) in [6, 6.07) is 1.72. The molecule has 1 amide bonds. The number of aromatic amines is 1. The molecule has 9 nitrogen and oxygen atoms in total. The molecule has 0 aromatic carbocycles. The zero-order valence-corrected chi connectivity index (χ0v) is 14.7. The Morgan fingerprint density at radius 2 is 2.15 bits per heavy atom. The van der Waals surface area contributed by atoms with Crippen LogP contribution in [0.2, 0.25) is 0 Å². The molecular weight excluding hydrogens is 336 g/mol.